The van der Waals surface area contributed by atoms with E-state index in [9.17, 15) is 27.6 Å². The summed E-state index contributed by atoms with van der Waals surface area (Å²) in [6.45, 7) is -1.19. The van der Waals surface area contributed by atoms with E-state index in [1.54, 1.807) is 38.5 Å². The number of alkyl halides is 3. The molecule has 0 saturated heterocycles. The molecular formula is C36H34F3NO8. The first-order chi connectivity index (χ1) is 23.0. The SMILES string of the molecule is COc1ccc(-c2ccccc2C(OCC(COC(=O)CCC(=O)O)NC(=O)C(F)(F)F)c2ccccc2-c2ccc(OC)cc2)cc1. The standard InChI is InChI=1S/C36H34F3NO8/c1-45-26-15-11-23(12-16-26)28-7-3-5-9-30(28)34(31-10-6-4-8-29(31)24-13-17-27(46-2)18-14-24)48-22-25(40-35(44)36(37,38)39)21-47-33(43)20-19-32(41)42/h3-18,25,34H,19-22H2,1-2H3,(H,40,44)(H,41,42). The molecule has 1 atom stereocenters. The van der Waals surface area contributed by atoms with Gasteiger partial charge in [0.1, 0.15) is 24.2 Å². The Balaban J connectivity index is 1.76. The number of carbonyl (C=O) groups excluding carboxylic acids is 2. The minimum Gasteiger partial charge on any atom is -0.497 e. The molecule has 0 heterocycles. The van der Waals surface area contributed by atoms with E-state index in [0.717, 1.165) is 22.3 Å². The van der Waals surface area contributed by atoms with Crippen molar-refractivity contribution < 1.29 is 51.6 Å². The van der Waals surface area contributed by atoms with Crippen molar-refractivity contribution in [2.24, 2.45) is 0 Å². The Morgan fingerprint density at radius 2 is 1.19 bits per heavy atom. The van der Waals surface area contributed by atoms with Gasteiger partial charge in [-0.15, -0.1) is 0 Å². The third kappa shape index (κ3) is 9.58. The van der Waals surface area contributed by atoms with Crippen molar-refractivity contribution in [2.75, 3.05) is 27.4 Å². The Kier molecular flexibility index (Phi) is 12.2. The van der Waals surface area contributed by atoms with Crippen LogP contribution < -0.4 is 14.8 Å². The summed E-state index contributed by atoms with van der Waals surface area (Å²) in [5, 5.41) is 10.7. The van der Waals surface area contributed by atoms with Crippen molar-refractivity contribution in [3.8, 4) is 33.8 Å². The monoisotopic (exact) mass is 665 g/mol. The number of hydrogen-bond donors (Lipinski definition) is 2. The van der Waals surface area contributed by atoms with E-state index in [1.807, 2.05) is 78.1 Å². The third-order valence-corrected chi connectivity index (χ3v) is 7.33. The molecule has 0 aromatic heterocycles. The molecule has 4 rings (SSSR count). The van der Waals surface area contributed by atoms with E-state index in [4.69, 9.17) is 24.1 Å². The zero-order valence-corrected chi connectivity index (χ0v) is 26.2. The Bertz CT molecular complexity index is 1600. The van der Waals surface area contributed by atoms with Crippen molar-refractivity contribution in [3.63, 3.8) is 0 Å². The molecule has 0 radical (unpaired) electrons. The van der Waals surface area contributed by atoms with Gasteiger partial charge in [-0.1, -0.05) is 72.8 Å². The molecule has 252 valence electrons. The van der Waals surface area contributed by atoms with Gasteiger partial charge < -0.3 is 29.4 Å². The average Bonchev–Trinajstić information content (AvgIpc) is 3.09. The summed E-state index contributed by atoms with van der Waals surface area (Å²) in [5.74, 6) is -3.14. The number of benzene rings is 4. The van der Waals surface area contributed by atoms with Crippen LogP contribution in [0.3, 0.4) is 0 Å². The number of carboxylic acid groups (broad SMARTS) is 1. The van der Waals surface area contributed by atoms with Crippen molar-refractivity contribution in [1.29, 1.82) is 0 Å². The summed E-state index contributed by atoms with van der Waals surface area (Å²) >= 11 is 0. The Labute approximate surface area is 275 Å². The fourth-order valence-corrected chi connectivity index (χ4v) is 4.95. The molecule has 1 amide bonds. The maximum atomic E-state index is 13.3. The number of nitrogens with one attached hydrogen (secondary N) is 1. The highest BCUT2D eigenvalue weighted by Crippen LogP contribution is 2.39. The minimum absolute atomic E-state index is 0.497. The maximum Gasteiger partial charge on any atom is 0.471 e. The van der Waals surface area contributed by atoms with Crippen LogP contribution in [-0.4, -0.2) is 62.6 Å². The highest BCUT2D eigenvalue weighted by Gasteiger charge is 2.40. The van der Waals surface area contributed by atoms with Gasteiger partial charge in [0.05, 0.1) is 39.7 Å². The summed E-state index contributed by atoms with van der Waals surface area (Å²) in [6, 6.07) is 28.0. The predicted octanol–water partition coefficient (Wildman–Crippen LogP) is 6.60. The van der Waals surface area contributed by atoms with Gasteiger partial charge in [0.2, 0.25) is 0 Å². The lowest BCUT2D eigenvalue weighted by Crippen LogP contribution is -2.47. The van der Waals surface area contributed by atoms with Crippen LogP contribution in [0.25, 0.3) is 22.3 Å². The molecule has 9 nitrogen and oxygen atoms in total. The molecule has 0 aliphatic rings. The molecule has 4 aromatic rings. The molecule has 48 heavy (non-hydrogen) atoms. The smallest absolute Gasteiger partial charge is 0.471 e. The van der Waals surface area contributed by atoms with E-state index in [0.29, 0.717) is 22.6 Å². The molecule has 0 saturated carbocycles. The number of carbonyl (C=O) groups is 3. The molecule has 0 aliphatic heterocycles. The van der Waals surface area contributed by atoms with Crippen molar-refractivity contribution in [1.82, 2.24) is 5.32 Å². The summed E-state index contributed by atoms with van der Waals surface area (Å²) in [7, 11) is 3.11. The largest absolute Gasteiger partial charge is 0.497 e. The summed E-state index contributed by atoms with van der Waals surface area (Å²) in [4.78, 5) is 34.9. The number of amides is 1. The van der Waals surface area contributed by atoms with Crippen LogP contribution in [0.2, 0.25) is 0 Å². The van der Waals surface area contributed by atoms with Crippen LogP contribution in [0.1, 0.15) is 30.1 Å². The third-order valence-electron chi connectivity index (χ3n) is 7.33. The van der Waals surface area contributed by atoms with Gasteiger partial charge in [0.25, 0.3) is 0 Å². The molecule has 4 aromatic carbocycles. The lowest BCUT2D eigenvalue weighted by molar-refractivity contribution is -0.175. The number of ether oxygens (including phenoxy) is 4. The first-order valence-electron chi connectivity index (χ1n) is 14.8. The van der Waals surface area contributed by atoms with Crippen molar-refractivity contribution in [3.05, 3.63) is 108 Å². The molecule has 0 fully saturated rings. The molecule has 0 spiro atoms. The van der Waals surface area contributed by atoms with E-state index in [-0.39, 0.29) is 0 Å². The summed E-state index contributed by atoms with van der Waals surface area (Å²) < 4.78 is 62.0. The summed E-state index contributed by atoms with van der Waals surface area (Å²) in [5.41, 5.74) is 4.51. The highest BCUT2D eigenvalue weighted by atomic mass is 19.4. The van der Waals surface area contributed by atoms with E-state index in [1.165, 1.54) is 0 Å². The van der Waals surface area contributed by atoms with Gasteiger partial charge in [-0.25, -0.2) is 0 Å². The zero-order chi connectivity index (χ0) is 34.7. The predicted molar refractivity (Wildman–Crippen MR) is 170 cm³/mol. The van der Waals surface area contributed by atoms with Crippen LogP contribution in [0.4, 0.5) is 13.2 Å². The van der Waals surface area contributed by atoms with Crippen LogP contribution in [0, 0.1) is 0 Å². The van der Waals surface area contributed by atoms with E-state index < -0.39 is 62.2 Å². The average molecular weight is 666 g/mol. The molecule has 0 bridgehead atoms. The zero-order valence-electron chi connectivity index (χ0n) is 26.2. The number of rotatable bonds is 15. The number of carboxylic acids is 1. The second-order valence-electron chi connectivity index (χ2n) is 10.6. The molecular weight excluding hydrogens is 631 g/mol. The number of esters is 1. The number of aliphatic carboxylic acids is 1. The van der Waals surface area contributed by atoms with Gasteiger partial charge in [0, 0.05) is 0 Å². The minimum atomic E-state index is -5.22. The van der Waals surface area contributed by atoms with Gasteiger partial charge in [-0.2, -0.15) is 13.2 Å². The van der Waals surface area contributed by atoms with Crippen LogP contribution in [0.15, 0.2) is 97.1 Å². The normalized spacial score (nSPS) is 11.9. The number of halogens is 3. The lowest BCUT2D eigenvalue weighted by Gasteiger charge is -2.27. The molecule has 12 heteroatoms. The first kappa shape index (κ1) is 35.5. The van der Waals surface area contributed by atoms with Crippen LogP contribution in [0.5, 0.6) is 11.5 Å². The van der Waals surface area contributed by atoms with Gasteiger partial charge in [0.15, 0.2) is 0 Å². The molecule has 0 aliphatic carbocycles. The van der Waals surface area contributed by atoms with Crippen LogP contribution >= 0.6 is 0 Å². The van der Waals surface area contributed by atoms with Gasteiger partial charge in [-0.3, -0.25) is 14.4 Å². The lowest BCUT2D eigenvalue weighted by atomic mass is 9.88. The first-order valence-corrected chi connectivity index (χ1v) is 14.8. The molecule has 2 N–H and O–H groups in total. The maximum absolute atomic E-state index is 13.3. The van der Waals surface area contributed by atoms with Crippen LogP contribution in [-0.2, 0) is 23.9 Å². The van der Waals surface area contributed by atoms with Crippen molar-refractivity contribution >= 4 is 17.8 Å². The van der Waals surface area contributed by atoms with Gasteiger partial charge >= 0.3 is 24.0 Å². The Morgan fingerprint density at radius 3 is 1.62 bits per heavy atom. The highest BCUT2D eigenvalue weighted by molar-refractivity contribution is 5.82. The second-order valence-corrected chi connectivity index (χ2v) is 10.6. The topological polar surface area (TPSA) is 120 Å². The van der Waals surface area contributed by atoms with E-state index >= 15 is 0 Å². The summed E-state index contributed by atoms with van der Waals surface area (Å²) in [6.07, 6.45) is -7.13. The fourth-order valence-electron chi connectivity index (χ4n) is 4.95. The second kappa shape index (κ2) is 16.5. The number of hydrogen-bond acceptors (Lipinski definition) is 7. The Hall–Kier alpha value is -5.36. The number of methoxy groups -OCH3 is 2. The van der Waals surface area contributed by atoms with E-state index in [2.05, 4.69) is 0 Å². The van der Waals surface area contributed by atoms with Gasteiger partial charge in [-0.05, 0) is 57.6 Å². The quantitative estimate of drug-likeness (QED) is 0.136. The fraction of sp³-hybridized carbons (Fsp3) is 0.250. The van der Waals surface area contributed by atoms with Crippen molar-refractivity contribution in [2.45, 2.75) is 31.2 Å². The molecule has 1 unspecified atom stereocenters. The Morgan fingerprint density at radius 1 is 0.708 bits per heavy atom.